The van der Waals surface area contributed by atoms with Crippen LogP contribution in [0.1, 0.15) is 11.1 Å². The minimum atomic E-state index is 0.560. The molecule has 0 bridgehead atoms. The number of ether oxygens (including phenoxy) is 2. The van der Waals surface area contributed by atoms with Gasteiger partial charge in [-0.2, -0.15) is 5.10 Å². The molecule has 0 aliphatic carbocycles. The average Bonchev–Trinajstić information content (AvgIpc) is 3.22. The van der Waals surface area contributed by atoms with Crippen molar-refractivity contribution in [2.75, 3.05) is 19.5 Å². The summed E-state index contributed by atoms with van der Waals surface area (Å²) in [6, 6.07) is 13.4. The zero-order valence-electron chi connectivity index (χ0n) is 16.1. The van der Waals surface area contributed by atoms with Crippen molar-refractivity contribution in [3.05, 3.63) is 66.1 Å². The third-order valence-electron chi connectivity index (χ3n) is 4.53. The highest BCUT2D eigenvalue weighted by Crippen LogP contribution is 2.28. The maximum atomic E-state index is 5.51. The Morgan fingerprint density at radius 2 is 1.93 bits per heavy atom. The van der Waals surface area contributed by atoms with Gasteiger partial charge in [0.25, 0.3) is 0 Å². The van der Waals surface area contributed by atoms with Gasteiger partial charge in [-0.05, 0) is 35.9 Å². The van der Waals surface area contributed by atoms with E-state index in [-0.39, 0.29) is 0 Å². The SMILES string of the molecule is C#Cc1cccc(-n2ncc3c(NCc4ccc(OC)c(OC)c4)ncnc32)c1. The molecule has 0 aliphatic rings. The number of nitrogens with one attached hydrogen (secondary N) is 1. The minimum Gasteiger partial charge on any atom is -0.493 e. The van der Waals surface area contributed by atoms with Crippen molar-refractivity contribution in [3.63, 3.8) is 0 Å². The van der Waals surface area contributed by atoms with Crippen LogP contribution in [0.15, 0.2) is 55.0 Å². The Balaban J connectivity index is 1.63. The number of rotatable bonds is 6. The quantitative estimate of drug-likeness (QED) is 0.513. The monoisotopic (exact) mass is 385 g/mol. The van der Waals surface area contributed by atoms with E-state index in [1.807, 2.05) is 42.5 Å². The van der Waals surface area contributed by atoms with Gasteiger partial charge in [-0.1, -0.05) is 18.1 Å². The molecule has 2 aromatic carbocycles. The Bertz CT molecular complexity index is 1210. The first-order valence-corrected chi connectivity index (χ1v) is 8.94. The second-order valence-corrected chi connectivity index (χ2v) is 6.25. The Labute approximate surface area is 168 Å². The number of anilines is 1. The summed E-state index contributed by atoms with van der Waals surface area (Å²) in [5.41, 5.74) is 3.36. The number of hydrogen-bond donors (Lipinski definition) is 1. The fourth-order valence-electron chi connectivity index (χ4n) is 3.08. The second kappa shape index (κ2) is 7.90. The number of benzene rings is 2. The van der Waals surface area contributed by atoms with E-state index in [9.17, 15) is 0 Å². The van der Waals surface area contributed by atoms with Crippen molar-refractivity contribution in [1.82, 2.24) is 19.7 Å². The van der Waals surface area contributed by atoms with Gasteiger partial charge in [-0.25, -0.2) is 14.6 Å². The molecular weight excluding hydrogens is 366 g/mol. The molecular formula is C22H19N5O2. The molecule has 0 spiro atoms. The molecule has 0 atom stereocenters. The number of terminal acetylenes is 1. The van der Waals surface area contributed by atoms with E-state index in [1.54, 1.807) is 25.1 Å². The molecule has 0 unspecified atom stereocenters. The first-order valence-electron chi connectivity index (χ1n) is 8.94. The lowest BCUT2D eigenvalue weighted by atomic mass is 10.2. The smallest absolute Gasteiger partial charge is 0.168 e. The van der Waals surface area contributed by atoms with Crippen LogP contribution in [0.3, 0.4) is 0 Å². The van der Waals surface area contributed by atoms with Gasteiger partial charge in [0, 0.05) is 12.1 Å². The standard InChI is InChI=1S/C22H19N5O2/c1-4-15-6-5-7-17(10-15)27-22-18(13-26-27)21(24-14-25-22)23-12-16-8-9-19(28-2)20(11-16)29-3/h1,5-11,13-14H,12H2,2-3H3,(H,23,24,25). The third-order valence-corrected chi connectivity index (χ3v) is 4.53. The number of hydrogen-bond acceptors (Lipinski definition) is 6. The lowest BCUT2D eigenvalue weighted by molar-refractivity contribution is 0.354. The normalized spacial score (nSPS) is 10.5. The van der Waals surface area contributed by atoms with Crippen LogP contribution < -0.4 is 14.8 Å². The van der Waals surface area contributed by atoms with Crippen molar-refractivity contribution in [2.45, 2.75) is 6.54 Å². The van der Waals surface area contributed by atoms with Gasteiger partial charge in [0.05, 0.1) is 31.5 Å². The van der Waals surface area contributed by atoms with Gasteiger partial charge < -0.3 is 14.8 Å². The summed E-state index contributed by atoms with van der Waals surface area (Å²) in [7, 11) is 3.23. The van der Waals surface area contributed by atoms with E-state index in [0.29, 0.717) is 29.5 Å². The number of aromatic nitrogens is 4. The fourth-order valence-corrected chi connectivity index (χ4v) is 3.08. The molecule has 7 nitrogen and oxygen atoms in total. The summed E-state index contributed by atoms with van der Waals surface area (Å²) in [6.07, 6.45) is 8.77. The first-order chi connectivity index (χ1) is 14.2. The lowest BCUT2D eigenvalue weighted by Gasteiger charge is -2.11. The van der Waals surface area contributed by atoms with Gasteiger partial charge >= 0.3 is 0 Å². The zero-order chi connectivity index (χ0) is 20.2. The minimum absolute atomic E-state index is 0.560. The predicted molar refractivity (Wildman–Crippen MR) is 111 cm³/mol. The molecule has 4 rings (SSSR count). The maximum Gasteiger partial charge on any atom is 0.168 e. The van der Waals surface area contributed by atoms with Gasteiger partial charge in [0.15, 0.2) is 17.1 Å². The second-order valence-electron chi connectivity index (χ2n) is 6.25. The summed E-state index contributed by atoms with van der Waals surface area (Å²) >= 11 is 0. The van der Waals surface area contributed by atoms with Gasteiger partial charge in [-0.3, -0.25) is 0 Å². The summed E-state index contributed by atoms with van der Waals surface area (Å²) in [5.74, 6) is 4.71. The topological polar surface area (TPSA) is 74.1 Å². The van der Waals surface area contributed by atoms with Crippen LogP contribution in [-0.2, 0) is 6.54 Å². The molecule has 0 saturated heterocycles. The van der Waals surface area contributed by atoms with Crippen LogP contribution in [-0.4, -0.2) is 34.0 Å². The highest BCUT2D eigenvalue weighted by atomic mass is 16.5. The van der Waals surface area contributed by atoms with Crippen LogP contribution in [0.2, 0.25) is 0 Å². The molecule has 0 aliphatic heterocycles. The number of methoxy groups -OCH3 is 2. The molecule has 29 heavy (non-hydrogen) atoms. The van der Waals surface area contributed by atoms with Crippen LogP contribution in [0, 0.1) is 12.3 Å². The summed E-state index contributed by atoms with van der Waals surface area (Å²) in [4.78, 5) is 8.78. The number of fused-ring (bicyclic) bond motifs is 1. The Hall–Kier alpha value is -4.05. The highest BCUT2D eigenvalue weighted by Gasteiger charge is 2.12. The van der Waals surface area contributed by atoms with E-state index in [1.165, 1.54) is 6.33 Å². The molecule has 0 amide bonds. The van der Waals surface area contributed by atoms with Crippen molar-refractivity contribution >= 4 is 16.9 Å². The average molecular weight is 385 g/mol. The molecule has 0 radical (unpaired) electrons. The van der Waals surface area contributed by atoms with E-state index in [4.69, 9.17) is 15.9 Å². The van der Waals surface area contributed by atoms with Crippen LogP contribution in [0.5, 0.6) is 11.5 Å². The molecule has 2 heterocycles. The highest BCUT2D eigenvalue weighted by molar-refractivity contribution is 5.87. The van der Waals surface area contributed by atoms with Crippen LogP contribution in [0.25, 0.3) is 16.7 Å². The van der Waals surface area contributed by atoms with E-state index in [2.05, 4.69) is 26.3 Å². The predicted octanol–water partition coefficient (Wildman–Crippen LogP) is 3.43. The summed E-state index contributed by atoms with van der Waals surface area (Å²) in [6.45, 7) is 0.560. The first kappa shape index (κ1) is 18.3. The molecule has 4 aromatic rings. The molecule has 1 N–H and O–H groups in total. The van der Waals surface area contributed by atoms with Crippen molar-refractivity contribution in [1.29, 1.82) is 0 Å². The van der Waals surface area contributed by atoms with Gasteiger partial charge in [-0.15, -0.1) is 6.42 Å². The molecule has 0 fully saturated rings. The third kappa shape index (κ3) is 3.56. The van der Waals surface area contributed by atoms with Crippen molar-refractivity contribution < 1.29 is 9.47 Å². The largest absolute Gasteiger partial charge is 0.493 e. The van der Waals surface area contributed by atoms with Gasteiger partial charge in [0.1, 0.15) is 12.1 Å². The van der Waals surface area contributed by atoms with Gasteiger partial charge in [0.2, 0.25) is 0 Å². The molecule has 2 aromatic heterocycles. The Kier molecular flexibility index (Phi) is 4.99. The van der Waals surface area contributed by atoms with Crippen molar-refractivity contribution in [2.24, 2.45) is 0 Å². The van der Waals surface area contributed by atoms with E-state index >= 15 is 0 Å². The van der Waals surface area contributed by atoms with E-state index in [0.717, 1.165) is 22.2 Å². The van der Waals surface area contributed by atoms with E-state index < -0.39 is 0 Å². The number of nitrogens with zero attached hydrogens (tertiary/aromatic N) is 4. The zero-order valence-corrected chi connectivity index (χ0v) is 16.1. The van der Waals surface area contributed by atoms with Crippen molar-refractivity contribution in [3.8, 4) is 29.5 Å². The Morgan fingerprint density at radius 3 is 2.72 bits per heavy atom. The lowest BCUT2D eigenvalue weighted by Crippen LogP contribution is -2.04. The summed E-state index contributed by atoms with van der Waals surface area (Å²) < 4.78 is 12.4. The fraction of sp³-hybridized carbons (Fsp3) is 0.136. The molecule has 7 heteroatoms. The molecule has 0 saturated carbocycles. The van der Waals surface area contributed by atoms with Crippen LogP contribution in [0.4, 0.5) is 5.82 Å². The Morgan fingerprint density at radius 1 is 1.07 bits per heavy atom. The van der Waals surface area contributed by atoms with Crippen LogP contribution >= 0.6 is 0 Å². The maximum absolute atomic E-state index is 5.51. The molecule has 144 valence electrons. The summed E-state index contributed by atoms with van der Waals surface area (Å²) in [5, 5.41) is 8.64.